The molecule has 2 aromatic rings. The molecule has 0 spiro atoms. The van der Waals surface area contributed by atoms with Crippen LogP contribution < -0.4 is 10.2 Å². The van der Waals surface area contributed by atoms with E-state index in [1.807, 2.05) is 31.2 Å². The molecule has 1 aliphatic rings. The van der Waals surface area contributed by atoms with Gasteiger partial charge in [-0.25, -0.2) is 4.98 Å². The first-order valence-electron chi connectivity index (χ1n) is 7.85. The van der Waals surface area contributed by atoms with Crippen LogP contribution in [0.25, 0.3) is 0 Å². The lowest BCUT2D eigenvalue weighted by Gasteiger charge is -2.28. The predicted octanol–water partition coefficient (Wildman–Crippen LogP) is 2.16. The van der Waals surface area contributed by atoms with Gasteiger partial charge in [-0.15, -0.1) is 0 Å². The molecule has 23 heavy (non-hydrogen) atoms. The Balaban J connectivity index is 1.59. The Kier molecular flexibility index (Phi) is 4.88. The Morgan fingerprint density at radius 1 is 1.26 bits per heavy atom. The lowest BCUT2D eigenvalue weighted by molar-refractivity contribution is 0.0946. The molecule has 0 aliphatic carbocycles. The molecule has 1 saturated heterocycles. The number of carbonyl (C=O) groups excluding carboxylic acids is 1. The number of hydrogen-bond donors (Lipinski definition) is 1. The SMILES string of the molecule is Cc1cccc(CNC(=O)c2ccc(N3CCOCC3)cn2)c1. The van der Waals surface area contributed by atoms with Gasteiger partial charge < -0.3 is 15.0 Å². The molecule has 2 heterocycles. The lowest BCUT2D eigenvalue weighted by Crippen LogP contribution is -2.36. The molecule has 1 aromatic carbocycles. The molecule has 1 aliphatic heterocycles. The predicted molar refractivity (Wildman–Crippen MR) is 89.6 cm³/mol. The average Bonchev–Trinajstić information content (AvgIpc) is 2.61. The van der Waals surface area contributed by atoms with Gasteiger partial charge in [0.25, 0.3) is 5.91 Å². The molecule has 0 unspecified atom stereocenters. The molecule has 120 valence electrons. The van der Waals surface area contributed by atoms with Crippen molar-refractivity contribution in [2.24, 2.45) is 0 Å². The van der Waals surface area contributed by atoms with E-state index in [9.17, 15) is 4.79 Å². The molecule has 0 radical (unpaired) electrons. The summed E-state index contributed by atoms with van der Waals surface area (Å²) in [5.74, 6) is -0.153. The summed E-state index contributed by atoms with van der Waals surface area (Å²) in [4.78, 5) is 18.7. The van der Waals surface area contributed by atoms with Crippen LogP contribution in [-0.4, -0.2) is 37.2 Å². The van der Waals surface area contributed by atoms with E-state index in [1.165, 1.54) is 5.56 Å². The maximum atomic E-state index is 12.2. The number of benzene rings is 1. The number of ether oxygens (including phenoxy) is 1. The summed E-state index contributed by atoms with van der Waals surface area (Å²) in [7, 11) is 0. The maximum Gasteiger partial charge on any atom is 0.270 e. The number of rotatable bonds is 4. The number of aromatic nitrogens is 1. The summed E-state index contributed by atoms with van der Waals surface area (Å²) in [6, 6.07) is 11.8. The molecule has 1 fully saturated rings. The van der Waals surface area contributed by atoms with Gasteiger partial charge in [-0.2, -0.15) is 0 Å². The highest BCUT2D eigenvalue weighted by atomic mass is 16.5. The van der Waals surface area contributed by atoms with Crippen LogP contribution in [0.1, 0.15) is 21.6 Å². The summed E-state index contributed by atoms with van der Waals surface area (Å²) in [5.41, 5.74) is 3.74. The van der Waals surface area contributed by atoms with Gasteiger partial charge in [-0.05, 0) is 24.6 Å². The quantitative estimate of drug-likeness (QED) is 0.940. The summed E-state index contributed by atoms with van der Waals surface area (Å²) in [6.07, 6.45) is 1.76. The smallest absolute Gasteiger partial charge is 0.270 e. The number of hydrogen-bond acceptors (Lipinski definition) is 4. The third-order valence-corrected chi connectivity index (χ3v) is 3.89. The van der Waals surface area contributed by atoms with Crippen LogP contribution in [0.15, 0.2) is 42.6 Å². The highest BCUT2D eigenvalue weighted by molar-refractivity contribution is 5.92. The number of pyridine rings is 1. The molecule has 0 saturated carbocycles. The number of anilines is 1. The van der Waals surface area contributed by atoms with Crippen LogP contribution in [-0.2, 0) is 11.3 Å². The number of carbonyl (C=O) groups is 1. The lowest BCUT2D eigenvalue weighted by atomic mass is 10.1. The second-order valence-electron chi connectivity index (χ2n) is 5.67. The maximum absolute atomic E-state index is 12.2. The summed E-state index contributed by atoms with van der Waals surface area (Å²) in [5, 5.41) is 2.91. The minimum absolute atomic E-state index is 0.153. The number of morpholine rings is 1. The van der Waals surface area contributed by atoms with E-state index in [4.69, 9.17) is 4.74 Å². The molecule has 0 bridgehead atoms. The normalized spacial score (nSPS) is 14.6. The molecule has 1 N–H and O–H groups in total. The van der Waals surface area contributed by atoms with Crippen LogP contribution in [0.2, 0.25) is 0 Å². The standard InChI is InChI=1S/C18H21N3O2/c1-14-3-2-4-15(11-14)12-20-18(22)17-6-5-16(13-19-17)21-7-9-23-10-8-21/h2-6,11,13H,7-10,12H2,1H3,(H,20,22). The van der Waals surface area contributed by atoms with Gasteiger partial charge >= 0.3 is 0 Å². The fourth-order valence-corrected chi connectivity index (χ4v) is 2.62. The summed E-state index contributed by atoms with van der Waals surface area (Å²) in [6.45, 7) is 5.74. The van der Waals surface area contributed by atoms with Crippen molar-refractivity contribution in [2.45, 2.75) is 13.5 Å². The first-order chi connectivity index (χ1) is 11.2. The minimum atomic E-state index is -0.153. The molecule has 1 aromatic heterocycles. The summed E-state index contributed by atoms with van der Waals surface area (Å²) < 4.78 is 5.34. The van der Waals surface area contributed by atoms with Crippen molar-refractivity contribution < 1.29 is 9.53 Å². The Labute approximate surface area is 136 Å². The summed E-state index contributed by atoms with van der Waals surface area (Å²) >= 11 is 0. The van der Waals surface area contributed by atoms with Gasteiger partial charge in [-0.1, -0.05) is 29.8 Å². The zero-order valence-electron chi connectivity index (χ0n) is 13.3. The van der Waals surface area contributed by atoms with Crippen LogP contribution in [0.3, 0.4) is 0 Å². The zero-order chi connectivity index (χ0) is 16.1. The van der Waals surface area contributed by atoms with E-state index >= 15 is 0 Å². The van der Waals surface area contributed by atoms with Crippen molar-refractivity contribution in [1.29, 1.82) is 0 Å². The van der Waals surface area contributed by atoms with Crippen molar-refractivity contribution >= 4 is 11.6 Å². The highest BCUT2D eigenvalue weighted by Crippen LogP contribution is 2.14. The van der Waals surface area contributed by atoms with E-state index < -0.39 is 0 Å². The Hall–Kier alpha value is -2.40. The van der Waals surface area contributed by atoms with Gasteiger partial charge in [0.2, 0.25) is 0 Å². The van der Waals surface area contributed by atoms with E-state index in [0.29, 0.717) is 12.2 Å². The fourth-order valence-electron chi connectivity index (χ4n) is 2.62. The van der Waals surface area contributed by atoms with Gasteiger partial charge in [0, 0.05) is 19.6 Å². The van der Waals surface area contributed by atoms with E-state index in [1.54, 1.807) is 12.3 Å². The third kappa shape index (κ3) is 4.07. The zero-order valence-corrected chi connectivity index (χ0v) is 13.3. The van der Waals surface area contributed by atoms with Crippen LogP contribution in [0, 0.1) is 6.92 Å². The highest BCUT2D eigenvalue weighted by Gasteiger charge is 2.13. The van der Waals surface area contributed by atoms with E-state index in [2.05, 4.69) is 21.3 Å². The Morgan fingerprint density at radius 2 is 2.09 bits per heavy atom. The largest absolute Gasteiger partial charge is 0.378 e. The minimum Gasteiger partial charge on any atom is -0.378 e. The van der Waals surface area contributed by atoms with Gasteiger partial charge in [-0.3, -0.25) is 4.79 Å². The first kappa shape index (κ1) is 15.5. The Bertz CT molecular complexity index is 664. The van der Waals surface area contributed by atoms with Gasteiger partial charge in [0.05, 0.1) is 25.1 Å². The Morgan fingerprint density at radius 3 is 2.78 bits per heavy atom. The molecule has 0 atom stereocenters. The molecule has 5 nitrogen and oxygen atoms in total. The number of nitrogens with one attached hydrogen (secondary N) is 1. The van der Waals surface area contributed by atoms with Crippen molar-refractivity contribution in [1.82, 2.24) is 10.3 Å². The number of amides is 1. The molecular formula is C18H21N3O2. The van der Waals surface area contributed by atoms with Gasteiger partial charge in [0.1, 0.15) is 5.69 Å². The van der Waals surface area contributed by atoms with Crippen molar-refractivity contribution in [3.63, 3.8) is 0 Å². The second-order valence-corrected chi connectivity index (χ2v) is 5.67. The molecule has 1 amide bonds. The number of nitrogens with zero attached hydrogens (tertiary/aromatic N) is 2. The van der Waals surface area contributed by atoms with Crippen molar-refractivity contribution in [2.75, 3.05) is 31.2 Å². The first-order valence-corrected chi connectivity index (χ1v) is 7.85. The monoisotopic (exact) mass is 311 g/mol. The van der Waals surface area contributed by atoms with E-state index in [-0.39, 0.29) is 5.91 Å². The van der Waals surface area contributed by atoms with Crippen molar-refractivity contribution in [3.8, 4) is 0 Å². The molecular weight excluding hydrogens is 290 g/mol. The van der Waals surface area contributed by atoms with Gasteiger partial charge in [0.15, 0.2) is 0 Å². The topological polar surface area (TPSA) is 54.5 Å². The fraction of sp³-hybridized carbons (Fsp3) is 0.333. The second kappa shape index (κ2) is 7.24. The average molecular weight is 311 g/mol. The van der Waals surface area contributed by atoms with E-state index in [0.717, 1.165) is 37.6 Å². The molecule has 5 heteroatoms. The third-order valence-electron chi connectivity index (χ3n) is 3.89. The van der Waals surface area contributed by atoms with Crippen molar-refractivity contribution in [3.05, 3.63) is 59.4 Å². The van der Waals surface area contributed by atoms with Crippen LogP contribution >= 0.6 is 0 Å². The van der Waals surface area contributed by atoms with Crippen LogP contribution in [0.4, 0.5) is 5.69 Å². The molecule has 3 rings (SSSR count). The number of aryl methyl sites for hydroxylation is 1. The van der Waals surface area contributed by atoms with Crippen LogP contribution in [0.5, 0.6) is 0 Å².